The van der Waals surface area contributed by atoms with Crippen LogP contribution in [-0.2, 0) is 4.79 Å². The third-order valence-corrected chi connectivity index (χ3v) is 5.61. The van der Waals surface area contributed by atoms with Crippen molar-refractivity contribution < 1.29 is 14.6 Å². The number of benzene rings is 1. The lowest BCUT2D eigenvalue weighted by Crippen LogP contribution is -2.14. The van der Waals surface area contributed by atoms with E-state index in [4.69, 9.17) is 9.84 Å². The molecule has 0 amide bonds. The third kappa shape index (κ3) is 3.40. The molecule has 2 aromatic heterocycles. The number of thioether (sulfide) groups is 1. The quantitative estimate of drug-likeness (QED) is 0.523. The van der Waals surface area contributed by atoms with E-state index in [2.05, 4.69) is 9.97 Å². The molecule has 3 rings (SSSR count). The number of rotatable bonds is 5. The second-order valence-corrected chi connectivity index (χ2v) is 7.67. The number of nitrogens with one attached hydrogen (secondary N) is 1. The number of H-pyrrole nitrogens is 1. The van der Waals surface area contributed by atoms with Crippen molar-refractivity contribution in [3.05, 3.63) is 39.5 Å². The number of aromatic nitrogens is 2. The van der Waals surface area contributed by atoms with Crippen LogP contribution in [0.2, 0.25) is 0 Å². The second-order valence-electron chi connectivity index (χ2n) is 5.48. The highest BCUT2D eigenvalue weighted by molar-refractivity contribution is 8.00. The molecule has 0 aliphatic heterocycles. The Morgan fingerprint density at radius 1 is 1.44 bits per heavy atom. The molecule has 3 aromatic rings. The van der Waals surface area contributed by atoms with Gasteiger partial charge in [-0.05, 0) is 37.1 Å². The molecule has 1 unspecified atom stereocenters. The van der Waals surface area contributed by atoms with E-state index in [9.17, 15) is 9.59 Å². The molecule has 8 heteroatoms. The van der Waals surface area contributed by atoms with E-state index < -0.39 is 11.2 Å². The van der Waals surface area contributed by atoms with Crippen LogP contribution in [0.3, 0.4) is 0 Å². The number of aryl methyl sites for hydroxylation is 1. The van der Waals surface area contributed by atoms with Crippen LogP contribution in [0.25, 0.3) is 21.3 Å². The fourth-order valence-electron chi connectivity index (χ4n) is 2.46. The first-order valence-electron chi connectivity index (χ1n) is 7.46. The van der Waals surface area contributed by atoms with Gasteiger partial charge in [0.05, 0.1) is 12.5 Å². The normalized spacial score (nSPS) is 12.3. The first-order chi connectivity index (χ1) is 11.9. The average molecular weight is 376 g/mol. The van der Waals surface area contributed by atoms with Gasteiger partial charge in [0, 0.05) is 10.9 Å². The first kappa shape index (κ1) is 17.5. The average Bonchev–Trinajstić information content (AvgIpc) is 2.99. The Kier molecular flexibility index (Phi) is 4.82. The second kappa shape index (κ2) is 6.89. The lowest BCUT2D eigenvalue weighted by atomic mass is 10.0. The van der Waals surface area contributed by atoms with Crippen LogP contribution in [0, 0.1) is 6.92 Å². The first-order valence-corrected chi connectivity index (χ1v) is 9.22. The van der Waals surface area contributed by atoms with Gasteiger partial charge in [0.1, 0.15) is 15.8 Å². The van der Waals surface area contributed by atoms with Gasteiger partial charge in [0.25, 0.3) is 5.56 Å². The number of carbonyl (C=O) groups is 1. The maximum absolute atomic E-state index is 12.5. The number of aromatic amines is 1. The number of methoxy groups -OCH3 is 1. The third-order valence-electron chi connectivity index (χ3n) is 3.76. The molecule has 1 aromatic carbocycles. The summed E-state index contributed by atoms with van der Waals surface area (Å²) in [6, 6.07) is 5.74. The van der Waals surface area contributed by atoms with Crippen LogP contribution in [0.5, 0.6) is 5.75 Å². The van der Waals surface area contributed by atoms with E-state index in [1.165, 1.54) is 11.3 Å². The van der Waals surface area contributed by atoms with E-state index in [1.807, 2.05) is 30.5 Å². The number of fused-ring (bicyclic) bond motifs is 1. The summed E-state index contributed by atoms with van der Waals surface area (Å²) in [6.45, 7) is 3.50. The molecular formula is C17H16N2O4S2. The zero-order valence-electron chi connectivity index (χ0n) is 13.8. The molecule has 25 heavy (non-hydrogen) atoms. The Hall–Kier alpha value is -2.32. The molecular weight excluding hydrogens is 360 g/mol. The van der Waals surface area contributed by atoms with Crippen molar-refractivity contribution in [1.29, 1.82) is 0 Å². The number of carboxylic acid groups (broad SMARTS) is 1. The number of hydrogen-bond acceptors (Lipinski definition) is 6. The van der Waals surface area contributed by atoms with Crippen molar-refractivity contribution >= 4 is 39.3 Å². The summed E-state index contributed by atoms with van der Waals surface area (Å²) >= 11 is 2.38. The molecule has 0 aliphatic rings. The molecule has 0 spiro atoms. The summed E-state index contributed by atoms with van der Waals surface area (Å²) in [5.74, 6) is -0.162. The van der Waals surface area contributed by atoms with E-state index in [1.54, 1.807) is 14.0 Å². The fourth-order valence-corrected chi connectivity index (χ4v) is 4.20. The molecule has 6 nitrogen and oxygen atoms in total. The van der Waals surface area contributed by atoms with Crippen molar-refractivity contribution in [2.75, 3.05) is 7.11 Å². The fraction of sp³-hybridized carbons (Fsp3) is 0.235. The number of nitrogens with zero attached hydrogens (tertiary/aromatic N) is 1. The molecule has 130 valence electrons. The van der Waals surface area contributed by atoms with Crippen LogP contribution in [0.1, 0.15) is 12.5 Å². The number of ether oxygens (including phenoxy) is 1. The predicted molar refractivity (Wildman–Crippen MR) is 99.9 cm³/mol. The number of carboxylic acids is 1. The molecule has 1 atom stereocenters. The molecule has 0 radical (unpaired) electrons. The Bertz CT molecular complexity index is 1010. The summed E-state index contributed by atoms with van der Waals surface area (Å²) in [5.41, 5.74) is 2.43. The van der Waals surface area contributed by atoms with Crippen molar-refractivity contribution in [3.63, 3.8) is 0 Å². The Morgan fingerprint density at radius 2 is 2.20 bits per heavy atom. The van der Waals surface area contributed by atoms with Gasteiger partial charge in [0.2, 0.25) is 0 Å². The van der Waals surface area contributed by atoms with Gasteiger partial charge < -0.3 is 14.8 Å². The summed E-state index contributed by atoms with van der Waals surface area (Å²) < 4.78 is 5.27. The maximum Gasteiger partial charge on any atom is 0.316 e. The molecule has 0 bridgehead atoms. The highest BCUT2D eigenvalue weighted by atomic mass is 32.2. The largest absolute Gasteiger partial charge is 0.496 e. The smallest absolute Gasteiger partial charge is 0.316 e. The number of thiophene rings is 1. The molecule has 2 heterocycles. The van der Waals surface area contributed by atoms with Gasteiger partial charge >= 0.3 is 5.97 Å². The lowest BCUT2D eigenvalue weighted by molar-refractivity contribution is -0.136. The van der Waals surface area contributed by atoms with Crippen molar-refractivity contribution in [1.82, 2.24) is 9.97 Å². The van der Waals surface area contributed by atoms with Gasteiger partial charge in [-0.15, -0.1) is 11.3 Å². The van der Waals surface area contributed by atoms with Gasteiger partial charge in [0.15, 0.2) is 5.16 Å². The van der Waals surface area contributed by atoms with Crippen LogP contribution in [0.15, 0.2) is 33.5 Å². The van der Waals surface area contributed by atoms with E-state index >= 15 is 0 Å². The standard InChI is InChI=1S/C17H16N2O4S2/c1-8-6-10(4-5-12(8)23-3)11-7-24-15-13(11)14(20)18-17(19-15)25-9(2)16(21)22/h4-7,9H,1-3H3,(H,21,22)(H,18,19,20). The minimum Gasteiger partial charge on any atom is -0.496 e. The Labute approximate surface area is 151 Å². The summed E-state index contributed by atoms with van der Waals surface area (Å²) in [6.07, 6.45) is 0. The van der Waals surface area contributed by atoms with E-state index in [0.717, 1.165) is 34.2 Å². The van der Waals surface area contributed by atoms with Crippen molar-refractivity contribution in [2.45, 2.75) is 24.3 Å². The number of hydrogen-bond donors (Lipinski definition) is 2. The monoisotopic (exact) mass is 376 g/mol. The summed E-state index contributed by atoms with van der Waals surface area (Å²) in [5, 5.41) is 11.0. The molecule has 0 saturated carbocycles. The molecule has 2 N–H and O–H groups in total. The van der Waals surface area contributed by atoms with Crippen LogP contribution < -0.4 is 10.3 Å². The predicted octanol–water partition coefficient (Wildman–Crippen LogP) is 3.53. The van der Waals surface area contributed by atoms with Gasteiger partial charge in [-0.25, -0.2) is 4.98 Å². The zero-order chi connectivity index (χ0) is 18.1. The van der Waals surface area contributed by atoms with E-state index in [-0.39, 0.29) is 5.56 Å². The van der Waals surface area contributed by atoms with E-state index in [0.29, 0.717) is 15.4 Å². The van der Waals surface area contributed by atoms with Gasteiger partial charge in [-0.2, -0.15) is 0 Å². The number of aliphatic carboxylic acids is 1. The molecule has 0 aliphatic carbocycles. The maximum atomic E-state index is 12.5. The van der Waals surface area contributed by atoms with Crippen molar-refractivity contribution in [2.24, 2.45) is 0 Å². The molecule has 0 saturated heterocycles. The Balaban J connectivity index is 2.06. The highest BCUT2D eigenvalue weighted by Crippen LogP contribution is 2.34. The van der Waals surface area contributed by atoms with Gasteiger partial charge in [-0.1, -0.05) is 17.8 Å². The SMILES string of the molecule is COc1ccc(-c2csc3nc(SC(C)C(=O)O)[nH]c(=O)c23)cc1C. The van der Waals surface area contributed by atoms with Gasteiger partial charge in [-0.3, -0.25) is 9.59 Å². The Morgan fingerprint density at radius 3 is 2.84 bits per heavy atom. The highest BCUT2D eigenvalue weighted by Gasteiger charge is 2.17. The minimum atomic E-state index is -0.951. The molecule has 0 fully saturated rings. The topological polar surface area (TPSA) is 92.3 Å². The minimum absolute atomic E-state index is 0.269. The van der Waals surface area contributed by atoms with Crippen LogP contribution >= 0.6 is 23.1 Å². The van der Waals surface area contributed by atoms with Crippen LogP contribution in [-0.4, -0.2) is 33.4 Å². The lowest BCUT2D eigenvalue weighted by Gasteiger charge is -2.07. The summed E-state index contributed by atoms with van der Waals surface area (Å²) in [7, 11) is 1.62. The van der Waals surface area contributed by atoms with Crippen LogP contribution in [0.4, 0.5) is 0 Å². The zero-order valence-corrected chi connectivity index (χ0v) is 15.5. The van der Waals surface area contributed by atoms with Crippen molar-refractivity contribution in [3.8, 4) is 16.9 Å². The summed E-state index contributed by atoms with van der Waals surface area (Å²) in [4.78, 5) is 31.2.